The minimum absolute atomic E-state index is 0.0303. The van der Waals surface area contributed by atoms with Gasteiger partial charge in [0, 0.05) is 5.41 Å². The molecular formula is C11H18O2. The van der Waals surface area contributed by atoms with Crippen LogP contribution in [0.5, 0.6) is 0 Å². The van der Waals surface area contributed by atoms with Crippen molar-refractivity contribution < 1.29 is 10.2 Å². The largest absolute Gasteiger partial charge is 0.392 e. The molecule has 2 N–H and O–H groups in total. The van der Waals surface area contributed by atoms with E-state index in [1.807, 2.05) is 6.08 Å². The fourth-order valence-electron chi connectivity index (χ4n) is 2.67. The third-order valence-electron chi connectivity index (χ3n) is 3.75. The zero-order chi connectivity index (χ0) is 9.47. The number of hydrogen-bond donors (Lipinski definition) is 2. The number of aliphatic hydroxyl groups is 2. The summed E-state index contributed by atoms with van der Waals surface area (Å²) >= 11 is 0. The zero-order valence-corrected chi connectivity index (χ0v) is 8.16. The highest BCUT2D eigenvalue weighted by molar-refractivity contribution is 5.22. The van der Waals surface area contributed by atoms with Gasteiger partial charge in [-0.15, -0.1) is 0 Å². The SMILES string of the molecule is C[C@]12CCC(O)C=C1CCCC2O. The van der Waals surface area contributed by atoms with Crippen LogP contribution >= 0.6 is 0 Å². The molecule has 1 fully saturated rings. The van der Waals surface area contributed by atoms with Crippen LogP contribution in [0.15, 0.2) is 11.6 Å². The number of aliphatic hydroxyl groups excluding tert-OH is 2. The van der Waals surface area contributed by atoms with Crippen LogP contribution in [0.3, 0.4) is 0 Å². The molecule has 1 saturated carbocycles. The minimum atomic E-state index is -0.270. The fourth-order valence-corrected chi connectivity index (χ4v) is 2.67. The second-order valence-corrected chi connectivity index (χ2v) is 4.62. The Morgan fingerprint density at radius 3 is 2.92 bits per heavy atom. The van der Waals surface area contributed by atoms with E-state index in [0.29, 0.717) is 0 Å². The van der Waals surface area contributed by atoms with Crippen LogP contribution in [0.25, 0.3) is 0 Å². The van der Waals surface area contributed by atoms with Gasteiger partial charge in [-0.1, -0.05) is 18.6 Å². The molecule has 0 spiro atoms. The summed E-state index contributed by atoms with van der Waals surface area (Å²) in [5.41, 5.74) is 1.25. The molecule has 2 aliphatic rings. The molecule has 0 radical (unpaired) electrons. The summed E-state index contributed by atoms with van der Waals surface area (Å²) in [6.45, 7) is 2.13. The molecule has 2 aliphatic carbocycles. The van der Waals surface area contributed by atoms with E-state index in [0.717, 1.165) is 32.1 Å². The molecule has 2 heteroatoms. The molecule has 0 heterocycles. The van der Waals surface area contributed by atoms with E-state index in [2.05, 4.69) is 6.92 Å². The van der Waals surface area contributed by atoms with Gasteiger partial charge >= 0.3 is 0 Å². The van der Waals surface area contributed by atoms with Crippen molar-refractivity contribution in [2.24, 2.45) is 5.41 Å². The Morgan fingerprint density at radius 2 is 2.15 bits per heavy atom. The molecule has 2 rings (SSSR count). The first-order chi connectivity index (χ1) is 6.13. The highest BCUT2D eigenvalue weighted by Crippen LogP contribution is 2.47. The monoisotopic (exact) mass is 182 g/mol. The van der Waals surface area contributed by atoms with Crippen molar-refractivity contribution in [1.29, 1.82) is 0 Å². The van der Waals surface area contributed by atoms with Crippen LogP contribution in [0.1, 0.15) is 39.0 Å². The summed E-state index contributed by atoms with van der Waals surface area (Å²) in [5.74, 6) is 0. The predicted octanol–water partition coefficient (Wildman–Crippen LogP) is 1.62. The van der Waals surface area contributed by atoms with E-state index in [1.54, 1.807) is 0 Å². The van der Waals surface area contributed by atoms with Crippen molar-refractivity contribution in [2.45, 2.75) is 51.2 Å². The fraction of sp³-hybridized carbons (Fsp3) is 0.818. The average Bonchev–Trinajstić information content (AvgIpc) is 2.09. The van der Waals surface area contributed by atoms with E-state index in [4.69, 9.17) is 0 Å². The van der Waals surface area contributed by atoms with Crippen molar-refractivity contribution in [3.63, 3.8) is 0 Å². The molecule has 3 atom stereocenters. The first-order valence-corrected chi connectivity index (χ1v) is 5.20. The van der Waals surface area contributed by atoms with Crippen LogP contribution in [0, 0.1) is 5.41 Å². The summed E-state index contributed by atoms with van der Waals surface area (Å²) in [6.07, 6.45) is 6.28. The summed E-state index contributed by atoms with van der Waals surface area (Å²) in [6, 6.07) is 0. The molecule has 13 heavy (non-hydrogen) atoms. The van der Waals surface area contributed by atoms with Crippen molar-refractivity contribution in [3.8, 4) is 0 Å². The van der Waals surface area contributed by atoms with Crippen LogP contribution in [-0.4, -0.2) is 22.4 Å². The molecule has 0 aromatic heterocycles. The first kappa shape index (κ1) is 9.22. The molecule has 2 unspecified atom stereocenters. The molecule has 0 amide bonds. The van der Waals surface area contributed by atoms with E-state index >= 15 is 0 Å². The van der Waals surface area contributed by atoms with Crippen LogP contribution in [0.2, 0.25) is 0 Å². The molecule has 0 aromatic rings. The first-order valence-electron chi connectivity index (χ1n) is 5.20. The van der Waals surface area contributed by atoms with Gasteiger partial charge < -0.3 is 10.2 Å². The Morgan fingerprint density at radius 1 is 1.38 bits per heavy atom. The lowest BCUT2D eigenvalue weighted by Crippen LogP contribution is -2.40. The summed E-state index contributed by atoms with van der Waals surface area (Å²) in [4.78, 5) is 0. The van der Waals surface area contributed by atoms with Crippen molar-refractivity contribution in [1.82, 2.24) is 0 Å². The van der Waals surface area contributed by atoms with Gasteiger partial charge in [0.25, 0.3) is 0 Å². The normalized spacial score (nSPS) is 45.3. The molecule has 0 bridgehead atoms. The van der Waals surface area contributed by atoms with Crippen molar-refractivity contribution in [2.75, 3.05) is 0 Å². The number of fused-ring (bicyclic) bond motifs is 1. The van der Waals surface area contributed by atoms with Crippen molar-refractivity contribution in [3.05, 3.63) is 11.6 Å². The Kier molecular flexibility index (Phi) is 2.20. The molecule has 0 aromatic carbocycles. The van der Waals surface area contributed by atoms with Crippen molar-refractivity contribution >= 4 is 0 Å². The number of rotatable bonds is 0. The second-order valence-electron chi connectivity index (χ2n) is 4.62. The molecule has 2 nitrogen and oxygen atoms in total. The van der Waals surface area contributed by atoms with Gasteiger partial charge in [0.05, 0.1) is 12.2 Å². The lowest BCUT2D eigenvalue weighted by atomic mass is 9.64. The lowest BCUT2D eigenvalue weighted by Gasteiger charge is -2.44. The number of hydrogen-bond acceptors (Lipinski definition) is 2. The van der Waals surface area contributed by atoms with Gasteiger partial charge in [0.15, 0.2) is 0 Å². The van der Waals surface area contributed by atoms with Gasteiger partial charge in [-0.25, -0.2) is 0 Å². The topological polar surface area (TPSA) is 40.5 Å². The zero-order valence-electron chi connectivity index (χ0n) is 8.16. The highest BCUT2D eigenvalue weighted by Gasteiger charge is 2.41. The second kappa shape index (κ2) is 3.10. The van der Waals surface area contributed by atoms with E-state index in [-0.39, 0.29) is 17.6 Å². The van der Waals surface area contributed by atoms with Gasteiger partial charge in [0.1, 0.15) is 0 Å². The Hall–Kier alpha value is -0.340. The third kappa shape index (κ3) is 1.42. The minimum Gasteiger partial charge on any atom is -0.392 e. The highest BCUT2D eigenvalue weighted by atomic mass is 16.3. The Labute approximate surface area is 79.3 Å². The van der Waals surface area contributed by atoms with Crippen LogP contribution in [-0.2, 0) is 0 Å². The van der Waals surface area contributed by atoms with Gasteiger partial charge in [-0.3, -0.25) is 0 Å². The maximum atomic E-state index is 9.93. The third-order valence-corrected chi connectivity index (χ3v) is 3.75. The van der Waals surface area contributed by atoms with Gasteiger partial charge in [-0.2, -0.15) is 0 Å². The summed E-state index contributed by atoms with van der Waals surface area (Å²) < 4.78 is 0. The lowest BCUT2D eigenvalue weighted by molar-refractivity contribution is 0.0145. The van der Waals surface area contributed by atoms with Crippen LogP contribution in [0.4, 0.5) is 0 Å². The Bertz CT molecular complexity index is 234. The maximum Gasteiger partial charge on any atom is 0.0724 e. The standard InChI is InChI=1S/C11H18O2/c1-11-6-5-9(12)7-8(11)3-2-4-10(11)13/h7,9-10,12-13H,2-6H2,1H3/t9?,10?,11-/m0/s1. The van der Waals surface area contributed by atoms with E-state index in [9.17, 15) is 10.2 Å². The van der Waals surface area contributed by atoms with Gasteiger partial charge in [0.2, 0.25) is 0 Å². The van der Waals surface area contributed by atoms with Gasteiger partial charge in [-0.05, 0) is 32.1 Å². The van der Waals surface area contributed by atoms with Crippen LogP contribution < -0.4 is 0 Å². The molecular weight excluding hydrogens is 164 g/mol. The van der Waals surface area contributed by atoms with E-state index in [1.165, 1.54) is 5.57 Å². The summed E-state index contributed by atoms with van der Waals surface area (Å²) in [5, 5.41) is 19.4. The molecule has 0 saturated heterocycles. The quantitative estimate of drug-likeness (QED) is 0.559. The average molecular weight is 182 g/mol. The Balaban J connectivity index is 2.29. The maximum absolute atomic E-state index is 9.93. The smallest absolute Gasteiger partial charge is 0.0724 e. The summed E-state index contributed by atoms with van der Waals surface area (Å²) in [7, 11) is 0. The molecule has 0 aliphatic heterocycles. The van der Waals surface area contributed by atoms with E-state index < -0.39 is 0 Å². The predicted molar refractivity (Wildman–Crippen MR) is 51.3 cm³/mol. The molecule has 74 valence electrons.